The fraction of sp³-hybridized carbons (Fsp3) is 0.250. The summed E-state index contributed by atoms with van der Waals surface area (Å²) in [5, 5.41) is 12.2. The lowest BCUT2D eigenvalue weighted by Gasteiger charge is -2.16. The van der Waals surface area contributed by atoms with Gasteiger partial charge in [0.2, 0.25) is 5.13 Å². The van der Waals surface area contributed by atoms with Gasteiger partial charge in [0.15, 0.2) is 6.10 Å². The van der Waals surface area contributed by atoms with Gasteiger partial charge in [-0.1, -0.05) is 30.4 Å². The lowest BCUT2D eigenvalue weighted by atomic mass is 10.2. The summed E-state index contributed by atoms with van der Waals surface area (Å²) in [6.45, 7) is 3.89. The monoisotopic (exact) mass is 383 g/mol. The van der Waals surface area contributed by atoms with Crippen LogP contribution >= 0.6 is 11.3 Å². The van der Waals surface area contributed by atoms with Crippen molar-refractivity contribution < 1.29 is 14.3 Å². The predicted molar refractivity (Wildman–Crippen MR) is 106 cm³/mol. The van der Waals surface area contributed by atoms with E-state index in [1.165, 1.54) is 11.3 Å². The number of methoxy groups -OCH3 is 1. The fourth-order valence-electron chi connectivity index (χ4n) is 2.49. The summed E-state index contributed by atoms with van der Waals surface area (Å²) in [7, 11) is 1.62. The summed E-state index contributed by atoms with van der Waals surface area (Å²) in [6.07, 6.45) is -0.0515. The van der Waals surface area contributed by atoms with Gasteiger partial charge in [0, 0.05) is 5.56 Å². The molecule has 3 aromatic rings. The molecule has 0 saturated carbocycles. The molecule has 1 atom stereocenters. The van der Waals surface area contributed by atoms with Crippen LogP contribution in [0.1, 0.15) is 18.9 Å². The van der Waals surface area contributed by atoms with Crippen molar-refractivity contribution in [3.05, 3.63) is 54.1 Å². The summed E-state index contributed by atoms with van der Waals surface area (Å²) in [5.41, 5.74) is 1.99. The molecule has 1 unspecified atom stereocenters. The minimum absolute atomic E-state index is 0.239. The van der Waals surface area contributed by atoms with Crippen LogP contribution in [-0.4, -0.2) is 29.3 Å². The quantitative estimate of drug-likeness (QED) is 0.658. The molecule has 1 heterocycles. The van der Waals surface area contributed by atoms with E-state index >= 15 is 0 Å². The predicted octanol–water partition coefficient (Wildman–Crippen LogP) is 4.32. The highest BCUT2D eigenvalue weighted by Crippen LogP contribution is 2.28. The van der Waals surface area contributed by atoms with Gasteiger partial charge in [0.05, 0.1) is 7.11 Å². The third-order valence-corrected chi connectivity index (χ3v) is 4.81. The van der Waals surface area contributed by atoms with E-state index in [4.69, 9.17) is 9.47 Å². The van der Waals surface area contributed by atoms with Crippen molar-refractivity contribution in [3.8, 4) is 22.1 Å². The Labute approximate surface area is 162 Å². The SMILES string of the molecule is CCC(Oc1cccc(C)c1)C(=O)Nc1nnc(-c2ccc(OC)cc2)s1. The minimum Gasteiger partial charge on any atom is -0.497 e. The summed E-state index contributed by atoms with van der Waals surface area (Å²) in [6, 6.07) is 15.2. The molecule has 0 spiro atoms. The number of carbonyl (C=O) groups excluding carboxylic acids is 1. The van der Waals surface area contributed by atoms with E-state index in [1.807, 2.05) is 62.4 Å². The molecule has 140 valence electrons. The molecule has 0 radical (unpaired) electrons. The summed E-state index contributed by atoms with van der Waals surface area (Å²) in [4.78, 5) is 12.5. The van der Waals surface area contributed by atoms with Crippen molar-refractivity contribution in [3.63, 3.8) is 0 Å². The summed E-state index contributed by atoms with van der Waals surface area (Å²) < 4.78 is 11.0. The Balaban J connectivity index is 1.66. The Bertz CT molecular complexity index is 909. The maximum Gasteiger partial charge on any atom is 0.267 e. The number of aromatic nitrogens is 2. The Hall–Kier alpha value is -2.93. The number of anilines is 1. The molecule has 27 heavy (non-hydrogen) atoms. The van der Waals surface area contributed by atoms with Crippen LogP contribution in [0.2, 0.25) is 0 Å². The number of hydrogen-bond acceptors (Lipinski definition) is 6. The molecular weight excluding hydrogens is 362 g/mol. The normalized spacial score (nSPS) is 11.7. The van der Waals surface area contributed by atoms with Crippen molar-refractivity contribution in [2.45, 2.75) is 26.4 Å². The lowest BCUT2D eigenvalue weighted by molar-refractivity contribution is -0.122. The molecular formula is C20H21N3O3S. The van der Waals surface area contributed by atoms with E-state index in [2.05, 4.69) is 15.5 Å². The van der Waals surface area contributed by atoms with E-state index in [9.17, 15) is 4.79 Å². The largest absolute Gasteiger partial charge is 0.497 e. The highest BCUT2D eigenvalue weighted by molar-refractivity contribution is 7.18. The number of rotatable bonds is 7. The minimum atomic E-state index is -0.597. The van der Waals surface area contributed by atoms with E-state index in [-0.39, 0.29) is 5.91 Å². The Morgan fingerprint density at radius 1 is 1.15 bits per heavy atom. The van der Waals surface area contributed by atoms with E-state index in [0.717, 1.165) is 21.9 Å². The number of carbonyl (C=O) groups is 1. The van der Waals surface area contributed by atoms with Crippen molar-refractivity contribution in [1.82, 2.24) is 10.2 Å². The van der Waals surface area contributed by atoms with Gasteiger partial charge in [-0.25, -0.2) is 0 Å². The molecule has 0 aliphatic rings. The molecule has 1 N–H and O–H groups in total. The second-order valence-electron chi connectivity index (χ2n) is 5.96. The van der Waals surface area contributed by atoms with Crippen LogP contribution in [0.25, 0.3) is 10.6 Å². The van der Waals surface area contributed by atoms with Gasteiger partial charge in [-0.15, -0.1) is 10.2 Å². The maximum atomic E-state index is 12.5. The van der Waals surface area contributed by atoms with Gasteiger partial charge in [-0.05, 0) is 55.3 Å². The molecule has 0 saturated heterocycles. The van der Waals surface area contributed by atoms with Crippen LogP contribution in [0.5, 0.6) is 11.5 Å². The number of aryl methyl sites for hydroxylation is 1. The van der Waals surface area contributed by atoms with Crippen molar-refractivity contribution in [2.24, 2.45) is 0 Å². The number of amides is 1. The molecule has 0 aliphatic heterocycles. The second-order valence-corrected chi connectivity index (χ2v) is 6.94. The third kappa shape index (κ3) is 4.83. The molecule has 1 amide bonds. The first-order valence-electron chi connectivity index (χ1n) is 8.61. The number of benzene rings is 2. The smallest absolute Gasteiger partial charge is 0.267 e. The van der Waals surface area contributed by atoms with Gasteiger partial charge < -0.3 is 9.47 Å². The van der Waals surface area contributed by atoms with Gasteiger partial charge in [0.25, 0.3) is 5.91 Å². The topological polar surface area (TPSA) is 73.3 Å². The second kappa shape index (κ2) is 8.64. The maximum absolute atomic E-state index is 12.5. The summed E-state index contributed by atoms with van der Waals surface area (Å²) >= 11 is 1.31. The van der Waals surface area contributed by atoms with Crippen LogP contribution in [0.15, 0.2) is 48.5 Å². The highest BCUT2D eigenvalue weighted by atomic mass is 32.1. The van der Waals surface area contributed by atoms with Crippen LogP contribution < -0.4 is 14.8 Å². The third-order valence-electron chi connectivity index (χ3n) is 3.92. The first-order chi connectivity index (χ1) is 13.1. The van der Waals surface area contributed by atoms with E-state index < -0.39 is 6.10 Å². The van der Waals surface area contributed by atoms with Gasteiger partial charge >= 0.3 is 0 Å². The molecule has 1 aromatic heterocycles. The van der Waals surface area contributed by atoms with E-state index in [0.29, 0.717) is 17.3 Å². The van der Waals surface area contributed by atoms with Crippen LogP contribution in [-0.2, 0) is 4.79 Å². The summed E-state index contributed by atoms with van der Waals surface area (Å²) in [5.74, 6) is 1.21. The zero-order chi connectivity index (χ0) is 19.2. The standard InChI is InChI=1S/C20H21N3O3S/c1-4-17(26-16-7-5-6-13(2)12-16)18(24)21-20-23-22-19(27-20)14-8-10-15(25-3)11-9-14/h5-12,17H,4H2,1-3H3,(H,21,23,24). The molecule has 2 aromatic carbocycles. The van der Waals surface area contributed by atoms with Gasteiger partial charge in [-0.2, -0.15) is 0 Å². The number of nitrogens with one attached hydrogen (secondary N) is 1. The molecule has 6 nitrogen and oxygen atoms in total. The fourth-order valence-corrected chi connectivity index (χ4v) is 3.24. The Morgan fingerprint density at radius 2 is 1.93 bits per heavy atom. The zero-order valence-corrected chi connectivity index (χ0v) is 16.2. The first-order valence-corrected chi connectivity index (χ1v) is 9.43. The van der Waals surface area contributed by atoms with Gasteiger partial charge in [-0.3, -0.25) is 10.1 Å². The Morgan fingerprint density at radius 3 is 2.59 bits per heavy atom. The van der Waals surface area contributed by atoms with Crippen molar-refractivity contribution >= 4 is 22.4 Å². The molecule has 0 fully saturated rings. The van der Waals surface area contributed by atoms with Crippen molar-refractivity contribution in [2.75, 3.05) is 12.4 Å². The Kier molecular flexibility index (Phi) is 6.03. The highest BCUT2D eigenvalue weighted by Gasteiger charge is 2.20. The number of hydrogen-bond donors (Lipinski definition) is 1. The number of nitrogens with zero attached hydrogens (tertiary/aromatic N) is 2. The molecule has 3 rings (SSSR count). The molecule has 0 bridgehead atoms. The van der Waals surface area contributed by atoms with E-state index in [1.54, 1.807) is 7.11 Å². The first kappa shape index (κ1) is 18.8. The van der Waals surface area contributed by atoms with Crippen LogP contribution in [0.4, 0.5) is 5.13 Å². The zero-order valence-electron chi connectivity index (χ0n) is 15.4. The van der Waals surface area contributed by atoms with Crippen LogP contribution in [0, 0.1) is 6.92 Å². The number of ether oxygens (including phenoxy) is 2. The average Bonchev–Trinajstić information content (AvgIpc) is 3.14. The van der Waals surface area contributed by atoms with Gasteiger partial charge in [0.1, 0.15) is 16.5 Å². The molecule has 7 heteroatoms. The van der Waals surface area contributed by atoms with Crippen molar-refractivity contribution in [1.29, 1.82) is 0 Å². The lowest BCUT2D eigenvalue weighted by Crippen LogP contribution is -2.32. The average molecular weight is 383 g/mol. The molecule has 0 aliphatic carbocycles. The van der Waals surface area contributed by atoms with Crippen LogP contribution in [0.3, 0.4) is 0 Å².